The van der Waals surface area contributed by atoms with Gasteiger partial charge in [0.1, 0.15) is 17.2 Å². The topological polar surface area (TPSA) is 75.3 Å². The van der Waals surface area contributed by atoms with Crippen molar-refractivity contribution < 1.29 is 17.5 Å². The lowest BCUT2D eigenvalue weighted by molar-refractivity contribution is 0.415. The highest BCUT2D eigenvalue weighted by Gasteiger charge is 2.40. The van der Waals surface area contributed by atoms with Gasteiger partial charge in [-0.1, -0.05) is 6.08 Å². The first-order chi connectivity index (χ1) is 14.3. The number of rotatable bonds is 4. The zero-order chi connectivity index (χ0) is 21.0. The van der Waals surface area contributed by atoms with Crippen molar-refractivity contribution >= 4 is 26.6 Å². The molecule has 3 aromatic rings. The molecule has 5 rings (SSSR count). The number of allylic oxidation sites excluding steroid dienone is 1. The molecule has 2 atom stereocenters. The Morgan fingerprint density at radius 1 is 1.20 bits per heavy atom. The summed E-state index contributed by atoms with van der Waals surface area (Å²) in [5.74, 6) is 0.809. The fourth-order valence-electron chi connectivity index (χ4n) is 4.67. The Bertz CT molecular complexity index is 1280. The number of hydrogen-bond acceptors (Lipinski definition) is 4. The number of sulfonamides is 1. The molecular formula is C22H22FN3O3S. The number of aromatic amines is 1. The van der Waals surface area contributed by atoms with Gasteiger partial charge in [0, 0.05) is 35.9 Å². The lowest BCUT2D eigenvalue weighted by Crippen LogP contribution is -2.28. The van der Waals surface area contributed by atoms with Crippen LogP contribution in [0.1, 0.15) is 12.1 Å². The number of nitrogens with one attached hydrogen (secondary N) is 1. The molecule has 156 valence electrons. The van der Waals surface area contributed by atoms with Crippen molar-refractivity contribution in [2.75, 3.05) is 26.5 Å². The van der Waals surface area contributed by atoms with Gasteiger partial charge in [-0.2, -0.15) is 0 Å². The van der Waals surface area contributed by atoms with Crippen LogP contribution < -0.4 is 4.74 Å². The predicted octanol–water partition coefficient (Wildman–Crippen LogP) is 3.67. The van der Waals surface area contributed by atoms with Crippen molar-refractivity contribution in [2.24, 2.45) is 11.8 Å². The van der Waals surface area contributed by atoms with Crippen LogP contribution in [0, 0.1) is 17.7 Å². The van der Waals surface area contributed by atoms with Crippen LogP contribution in [0.15, 0.2) is 42.6 Å². The van der Waals surface area contributed by atoms with E-state index in [1.165, 1.54) is 24.0 Å². The van der Waals surface area contributed by atoms with E-state index in [1.807, 2.05) is 12.1 Å². The van der Waals surface area contributed by atoms with E-state index in [-0.39, 0.29) is 11.7 Å². The van der Waals surface area contributed by atoms with Crippen LogP contribution in [0.4, 0.5) is 4.39 Å². The van der Waals surface area contributed by atoms with E-state index in [0.29, 0.717) is 30.3 Å². The number of benzene rings is 1. The quantitative estimate of drug-likeness (QED) is 0.689. The van der Waals surface area contributed by atoms with E-state index in [2.05, 4.69) is 16.0 Å². The standard InChI is InChI=1S/C22H22FN3O3S/c1-29-21-4-3-16(23)9-18(21)17-5-6-24-22-19(17)10-20(25-22)13-7-14-11-26(30(2,27)28)12-15(14)8-13/h3-7,9-10,14-15H,8,11-12H2,1-2H3,(H,24,25)/t14-,15+/m0/s1. The fourth-order valence-corrected chi connectivity index (χ4v) is 5.57. The van der Waals surface area contributed by atoms with Gasteiger partial charge in [0.05, 0.1) is 13.4 Å². The molecule has 1 fully saturated rings. The number of fused-ring (bicyclic) bond motifs is 2. The van der Waals surface area contributed by atoms with Gasteiger partial charge in [0.25, 0.3) is 0 Å². The molecule has 1 aromatic carbocycles. The normalized spacial score (nSPS) is 21.8. The second kappa shape index (κ2) is 6.92. The summed E-state index contributed by atoms with van der Waals surface area (Å²) in [6.45, 7) is 1.10. The average molecular weight is 428 g/mol. The van der Waals surface area contributed by atoms with Crippen LogP contribution in [0.25, 0.3) is 27.7 Å². The van der Waals surface area contributed by atoms with Crippen LogP contribution in [0.3, 0.4) is 0 Å². The van der Waals surface area contributed by atoms with Crippen LogP contribution in [-0.4, -0.2) is 49.1 Å². The van der Waals surface area contributed by atoms with Crippen molar-refractivity contribution in [3.63, 3.8) is 0 Å². The fraction of sp³-hybridized carbons (Fsp3) is 0.318. The highest BCUT2D eigenvalue weighted by atomic mass is 32.2. The Kier molecular flexibility index (Phi) is 4.44. The zero-order valence-corrected chi connectivity index (χ0v) is 17.5. The number of ether oxygens (including phenoxy) is 1. The highest BCUT2D eigenvalue weighted by Crippen LogP contribution is 2.43. The first kappa shape index (κ1) is 19.3. The van der Waals surface area contributed by atoms with Crippen LogP contribution in [-0.2, 0) is 10.0 Å². The summed E-state index contributed by atoms with van der Waals surface area (Å²) in [6, 6.07) is 8.38. The number of hydrogen-bond donors (Lipinski definition) is 1. The molecule has 8 heteroatoms. The molecule has 0 bridgehead atoms. The van der Waals surface area contributed by atoms with Gasteiger partial charge in [-0.15, -0.1) is 0 Å². The van der Waals surface area contributed by atoms with E-state index in [0.717, 1.165) is 28.7 Å². The Hall–Kier alpha value is -2.71. The van der Waals surface area contributed by atoms with Crippen molar-refractivity contribution in [2.45, 2.75) is 6.42 Å². The van der Waals surface area contributed by atoms with Gasteiger partial charge < -0.3 is 9.72 Å². The molecule has 1 N–H and O–H groups in total. The molecule has 0 amide bonds. The molecule has 1 aliphatic carbocycles. The van der Waals surface area contributed by atoms with Crippen LogP contribution >= 0.6 is 0 Å². The van der Waals surface area contributed by atoms with E-state index in [1.54, 1.807) is 23.7 Å². The first-order valence-corrected chi connectivity index (χ1v) is 11.7. The Balaban J connectivity index is 1.52. The third kappa shape index (κ3) is 3.20. The smallest absolute Gasteiger partial charge is 0.211 e. The van der Waals surface area contributed by atoms with Gasteiger partial charge in [0.2, 0.25) is 10.0 Å². The summed E-state index contributed by atoms with van der Waals surface area (Å²) in [4.78, 5) is 7.83. The molecule has 6 nitrogen and oxygen atoms in total. The van der Waals surface area contributed by atoms with Gasteiger partial charge in [-0.25, -0.2) is 22.1 Å². The average Bonchev–Trinajstić information content (AvgIpc) is 3.39. The summed E-state index contributed by atoms with van der Waals surface area (Å²) in [5, 5.41) is 0.895. The Labute approximate surface area is 174 Å². The maximum absolute atomic E-state index is 13.9. The number of methoxy groups -OCH3 is 1. The second-order valence-corrected chi connectivity index (χ2v) is 10.0. The maximum Gasteiger partial charge on any atom is 0.211 e. The van der Waals surface area contributed by atoms with Crippen molar-refractivity contribution in [3.8, 4) is 16.9 Å². The summed E-state index contributed by atoms with van der Waals surface area (Å²) >= 11 is 0. The molecular weight excluding hydrogens is 405 g/mol. The van der Waals surface area contributed by atoms with E-state index < -0.39 is 10.0 Å². The highest BCUT2D eigenvalue weighted by molar-refractivity contribution is 7.88. The van der Waals surface area contributed by atoms with Crippen molar-refractivity contribution in [1.82, 2.24) is 14.3 Å². The number of aromatic nitrogens is 2. The minimum absolute atomic E-state index is 0.233. The molecule has 3 heterocycles. The van der Waals surface area contributed by atoms with Crippen LogP contribution in [0.2, 0.25) is 0 Å². The molecule has 0 unspecified atom stereocenters. The summed E-state index contributed by atoms with van der Waals surface area (Å²) < 4.78 is 44.6. The molecule has 1 aliphatic heterocycles. The van der Waals surface area contributed by atoms with Crippen molar-refractivity contribution in [3.05, 3.63) is 54.1 Å². The molecule has 30 heavy (non-hydrogen) atoms. The number of H-pyrrole nitrogens is 1. The largest absolute Gasteiger partial charge is 0.496 e. The summed E-state index contributed by atoms with van der Waals surface area (Å²) in [5.41, 5.74) is 4.40. The second-order valence-electron chi connectivity index (χ2n) is 8.05. The first-order valence-electron chi connectivity index (χ1n) is 9.81. The number of pyridine rings is 1. The van der Waals surface area contributed by atoms with E-state index in [9.17, 15) is 12.8 Å². The maximum atomic E-state index is 13.9. The van der Waals surface area contributed by atoms with Gasteiger partial charge in [-0.05, 0) is 59.7 Å². The number of halogens is 1. The molecule has 0 spiro atoms. The summed E-state index contributed by atoms with van der Waals surface area (Å²) in [7, 11) is -1.58. The van der Waals surface area contributed by atoms with Gasteiger partial charge in [-0.3, -0.25) is 0 Å². The third-order valence-corrected chi connectivity index (χ3v) is 7.39. The minimum atomic E-state index is -3.15. The van der Waals surface area contributed by atoms with E-state index >= 15 is 0 Å². The number of nitrogens with zero attached hydrogens (tertiary/aromatic N) is 2. The monoisotopic (exact) mass is 427 g/mol. The Morgan fingerprint density at radius 3 is 2.77 bits per heavy atom. The SMILES string of the molecule is COc1ccc(F)cc1-c1ccnc2[nH]c(C3=C[C@H]4CN(S(C)(=O)=O)C[C@H]4C3)cc12. The minimum Gasteiger partial charge on any atom is -0.496 e. The molecule has 2 aromatic heterocycles. The van der Waals surface area contributed by atoms with E-state index in [4.69, 9.17) is 4.74 Å². The molecule has 0 saturated carbocycles. The Morgan fingerprint density at radius 2 is 2.03 bits per heavy atom. The summed E-state index contributed by atoms with van der Waals surface area (Å²) in [6.07, 6.45) is 5.97. The zero-order valence-electron chi connectivity index (χ0n) is 16.7. The van der Waals surface area contributed by atoms with Gasteiger partial charge >= 0.3 is 0 Å². The van der Waals surface area contributed by atoms with Crippen LogP contribution in [0.5, 0.6) is 5.75 Å². The van der Waals surface area contributed by atoms with Gasteiger partial charge in [0.15, 0.2) is 0 Å². The third-order valence-electron chi connectivity index (χ3n) is 6.15. The lowest BCUT2D eigenvalue weighted by atomic mass is 9.99. The van der Waals surface area contributed by atoms with Crippen molar-refractivity contribution in [1.29, 1.82) is 0 Å². The molecule has 0 radical (unpaired) electrons. The molecule has 1 saturated heterocycles. The molecule has 2 aliphatic rings. The predicted molar refractivity (Wildman–Crippen MR) is 114 cm³/mol. The lowest BCUT2D eigenvalue weighted by Gasteiger charge is -2.13.